The molecule has 1 N–H and O–H groups in total. The number of nitrogens with zero attached hydrogens (tertiary/aromatic N) is 2. The predicted molar refractivity (Wildman–Crippen MR) is 69.8 cm³/mol. The molecule has 3 nitrogen and oxygen atoms in total. The van der Waals surface area contributed by atoms with Crippen molar-refractivity contribution in [3.63, 3.8) is 0 Å². The minimum absolute atomic E-state index is 0.761. The van der Waals surface area contributed by atoms with Crippen molar-refractivity contribution >= 4 is 10.9 Å². The molecule has 0 bridgehead atoms. The van der Waals surface area contributed by atoms with Crippen LogP contribution in [0.1, 0.15) is 18.4 Å². The summed E-state index contributed by atoms with van der Waals surface area (Å²) in [4.78, 5) is 0. The molecule has 2 aromatic rings. The van der Waals surface area contributed by atoms with E-state index in [9.17, 15) is 0 Å². The van der Waals surface area contributed by atoms with Crippen LogP contribution >= 0.6 is 0 Å². The molecule has 88 valence electrons. The summed E-state index contributed by atoms with van der Waals surface area (Å²) in [5.74, 6) is 0. The number of nitriles is 1. The zero-order valence-electron chi connectivity index (χ0n) is 10.1. The van der Waals surface area contributed by atoms with E-state index >= 15 is 0 Å². The maximum absolute atomic E-state index is 9.02. The first kappa shape index (κ1) is 11.7. The Hall–Kier alpha value is -1.79. The van der Waals surface area contributed by atoms with Crippen LogP contribution in [0, 0.1) is 11.3 Å². The lowest BCUT2D eigenvalue weighted by molar-refractivity contribution is 0.603. The number of hydrogen-bond donors (Lipinski definition) is 1. The van der Waals surface area contributed by atoms with E-state index in [0.717, 1.165) is 36.0 Å². The highest BCUT2D eigenvalue weighted by Gasteiger charge is 2.04. The standard InChI is InChI=1S/C14H17N3/c1-16-8-2-3-9-17-10-7-13-12(11-15)5-4-6-14(13)17/h4-7,10,16H,2-3,8-9H2,1H3. The molecule has 0 aliphatic heterocycles. The molecule has 0 aliphatic rings. The Bertz CT molecular complexity index is 534. The molecule has 1 heterocycles. The van der Waals surface area contributed by atoms with Gasteiger partial charge in [-0.1, -0.05) is 6.07 Å². The highest BCUT2D eigenvalue weighted by molar-refractivity contribution is 5.85. The Kier molecular flexibility index (Phi) is 3.79. The van der Waals surface area contributed by atoms with Crippen molar-refractivity contribution in [2.75, 3.05) is 13.6 Å². The third kappa shape index (κ3) is 2.48. The van der Waals surface area contributed by atoms with Crippen molar-refractivity contribution in [2.24, 2.45) is 0 Å². The molecular formula is C14H17N3. The van der Waals surface area contributed by atoms with Gasteiger partial charge in [0, 0.05) is 23.6 Å². The zero-order chi connectivity index (χ0) is 12.1. The Morgan fingerprint density at radius 2 is 2.18 bits per heavy atom. The molecule has 17 heavy (non-hydrogen) atoms. The van der Waals surface area contributed by atoms with Crippen LogP contribution in [0.2, 0.25) is 0 Å². The smallest absolute Gasteiger partial charge is 0.0998 e. The van der Waals surface area contributed by atoms with Crippen LogP contribution in [0.3, 0.4) is 0 Å². The molecule has 1 aromatic heterocycles. The van der Waals surface area contributed by atoms with E-state index in [1.54, 1.807) is 0 Å². The SMILES string of the molecule is CNCCCCn1ccc2c(C#N)cccc21. The number of aryl methyl sites for hydroxylation is 1. The number of benzene rings is 1. The summed E-state index contributed by atoms with van der Waals surface area (Å²) >= 11 is 0. The first-order valence-corrected chi connectivity index (χ1v) is 5.99. The highest BCUT2D eigenvalue weighted by Crippen LogP contribution is 2.20. The van der Waals surface area contributed by atoms with Gasteiger partial charge in [-0.15, -0.1) is 0 Å². The average Bonchev–Trinajstić information content (AvgIpc) is 2.78. The second-order valence-electron chi connectivity index (χ2n) is 4.17. The monoisotopic (exact) mass is 227 g/mol. The molecule has 0 spiro atoms. The summed E-state index contributed by atoms with van der Waals surface area (Å²) in [6.07, 6.45) is 4.40. The number of rotatable bonds is 5. The first-order chi connectivity index (χ1) is 8.36. The van der Waals surface area contributed by atoms with Gasteiger partial charge in [0.05, 0.1) is 11.6 Å². The fraction of sp³-hybridized carbons (Fsp3) is 0.357. The van der Waals surface area contributed by atoms with Gasteiger partial charge in [-0.3, -0.25) is 0 Å². The van der Waals surface area contributed by atoms with Gasteiger partial charge in [0.2, 0.25) is 0 Å². The van der Waals surface area contributed by atoms with E-state index in [1.165, 1.54) is 6.42 Å². The van der Waals surface area contributed by atoms with E-state index < -0.39 is 0 Å². The topological polar surface area (TPSA) is 40.8 Å². The van der Waals surface area contributed by atoms with E-state index in [0.29, 0.717) is 0 Å². The molecule has 0 saturated heterocycles. The van der Waals surface area contributed by atoms with Crippen molar-refractivity contribution in [2.45, 2.75) is 19.4 Å². The fourth-order valence-electron chi connectivity index (χ4n) is 2.10. The van der Waals surface area contributed by atoms with Gasteiger partial charge in [0.15, 0.2) is 0 Å². The summed E-state index contributed by atoms with van der Waals surface area (Å²) in [5.41, 5.74) is 1.92. The minimum Gasteiger partial charge on any atom is -0.347 e. The minimum atomic E-state index is 0.761. The quantitative estimate of drug-likeness (QED) is 0.797. The summed E-state index contributed by atoms with van der Waals surface area (Å²) in [6.45, 7) is 2.07. The van der Waals surface area contributed by atoms with Gasteiger partial charge in [-0.25, -0.2) is 0 Å². The van der Waals surface area contributed by atoms with Crippen LogP contribution in [-0.4, -0.2) is 18.2 Å². The number of hydrogen-bond acceptors (Lipinski definition) is 2. The number of unbranched alkanes of at least 4 members (excludes halogenated alkanes) is 1. The van der Waals surface area contributed by atoms with Gasteiger partial charge in [-0.2, -0.15) is 5.26 Å². The van der Waals surface area contributed by atoms with Gasteiger partial charge >= 0.3 is 0 Å². The first-order valence-electron chi connectivity index (χ1n) is 5.99. The van der Waals surface area contributed by atoms with Gasteiger partial charge < -0.3 is 9.88 Å². The van der Waals surface area contributed by atoms with Crippen molar-refractivity contribution < 1.29 is 0 Å². The molecular weight excluding hydrogens is 210 g/mol. The lowest BCUT2D eigenvalue weighted by Crippen LogP contribution is -2.08. The average molecular weight is 227 g/mol. The molecule has 0 radical (unpaired) electrons. The van der Waals surface area contributed by atoms with Crippen LogP contribution < -0.4 is 5.32 Å². The highest BCUT2D eigenvalue weighted by atomic mass is 14.9. The van der Waals surface area contributed by atoms with E-state index in [1.807, 2.05) is 25.2 Å². The normalized spacial score (nSPS) is 10.6. The molecule has 0 fully saturated rings. The van der Waals surface area contributed by atoms with Crippen LogP contribution in [-0.2, 0) is 6.54 Å². The van der Waals surface area contributed by atoms with Crippen molar-refractivity contribution in [3.05, 3.63) is 36.0 Å². The third-order valence-electron chi connectivity index (χ3n) is 3.01. The third-order valence-corrected chi connectivity index (χ3v) is 3.01. The van der Waals surface area contributed by atoms with E-state index in [4.69, 9.17) is 5.26 Å². The Morgan fingerprint density at radius 1 is 1.29 bits per heavy atom. The Labute approximate surface area is 102 Å². The summed E-state index contributed by atoms with van der Waals surface area (Å²) in [7, 11) is 1.98. The van der Waals surface area contributed by atoms with Crippen LogP contribution in [0.15, 0.2) is 30.5 Å². The molecule has 3 heteroatoms. The molecule has 0 saturated carbocycles. The predicted octanol–water partition coefficient (Wildman–Crippen LogP) is 2.51. The Balaban J connectivity index is 2.17. The van der Waals surface area contributed by atoms with Gasteiger partial charge in [-0.05, 0) is 44.6 Å². The second kappa shape index (κ2) is 5.51. The van der Waals surface area contributed by atoms with E-state index in [2.05, 4.69) is 28.2 Å². The Morgan fingerprint density at radius 3 is 2.94 bits per heavy atom. The number of fused-ring (bicyclic) bond motifs is 1. The number of aromatic nitrogens is 1. The molecule has 0 amide bonds. The summed E-state index contributed by atoms with van der Waals surface area (Å²) in [6, 6.07) is 10.2. The second-order valence-corrected chi connectivity index (χ2v) is 4.17. The van der Waals surface area contributed by atoms with Crippen LogP contribution in [0.4, 0.5) is 0 Å². The lowest BCUT2D eigenvalue weighted by atomic mass is 10.1. The fourth-order valence-corrected chi connectivity index (χ4v) is 2.10. The molecule has 0 aliphatic carbocycles. The summed E-state index contributed by atoms with van der Waals surface area (Å²) < 4.78 is 2.23. The lowest BCUT2D eigenvalue weighted by Gasteiger charge is -2.05. The maximum Gasteiger partial charge on any atom is 0.0998 e. The van der Waals surface area contributed by atoms with Gasteiger partial charge in [0.1, 0.15) is 0 Å². The molecule has 0 atom stereocenters. The molecule has 2 rings (SSSR count). The largest absolute Gasteiger partial charge is 0.347 e. The van der Waals surface area contributed by atoms with Crippen molar-refractivity contribution in [1.29, 1.82) is 5.26 Å². The molecule has 0 unspecified atom stereocenters. The molecule has 1 aromatic carbocycles. The maximum atomic E-state index is 9.02. The van der Waals surface area contributed by atoms with Crippen LogP contribution in [0.25, 0.3) is 10.9 Å². The van der Waals surface area contributed by atoms with E-state index in [-0.39, 0.29) is 0 Å². The van der Waals surface area contributed by atoms with Gasteiger partial charge in [0.25, 0.3) is 0 Å². The summed E-state index contributed by atoms with van der Waals surface area (Å²) in [5, 5.41) is 13.2. The van der Waals surface area contributed by atoms with Crippen molar-refractivity contribution in [1.82, 2.24) is 9.88 Å². The van der Waals surface area contributed by atoms with Crippen molar-refractivity contribution in [3.8, 4) is 6.07 Å². The zero-order valence-corrected chi connectivity index (χ0v) is 10.1. The number of nitrogens with one attached hydrogen (secondary N) is 1. The van der Waals surface area contributed by atoms with Crippen LogP contribution in [0.5, 0.6) is 0 Å².